The lowest BCUT2D eigenvalue weighted by Gasteiger charge is -2.50. The van der Waals surface area contributed by atoms with Gasteiger partial charge in [-0.15, -0.1) is 0 Å². The third kappa shape index (κ3) is 7.33. The van der Waals surface area contributed by atoms with Gasteiger partial charge in [-0.25, -0.2) is 0 Å². The molecule has 6 atom stereocenters. The van der Waals surface area contributed by atoms with Gasteiger partial charge in [-0.1, -0.05) is 147 Å². The zero-order valence-electron chi connectivity index (χ0n) is 42.4. The normalized spacial score (nSPS) is 25.1. The Bertz CT molecular complexity index is 3670. The van der Waals surface area contributed by atoms with Crippen molar-refractivity contribution in [2.24, 2.45) is 5.92 Å². The minimum absolute atomic E-state index is 0.0339. The van der Waals surface area contributed by atoms with Gasteiger partial charge in [0.25, 0.3) is 0 Å². The molecule has 2 aromatic heterocycles. The zero-order chi connectivity index (χ0) is 49.5. The lowest BCUT2D eigenvalue weighted by Crippen LogP contribution is -2.71. The number of aryl methyl sites for hydroxylation is 1. The molecule has 7 aliphatic rings. The number of rotatable bonds is 7. The van der Waals surface area contributed by atoms with Crippen molar-refractivity contribution in [1.29, 1.82) is 5.26 Å². The van der Waals surface area contributed by atoms with Crippen LogP contribution < -0.4 is 20.9 Å². The fourth-order valence-corrected chi connectivity index (χ4v) is 14.0. The molecule has 0 spiro atoms. The highest BCUT2D eigenvalue weighted by Crippen LogP contribution is 2.53. The van der Waals surface area contributed by atoms with Crippen LogP contribution in [0.2, 0.25) is 0 Å². The first-order valence-electron chi connectivity index (χ1n) is 27.3. The average molecular weight is 966 g/mol. The average Bonchev–Trinajstić information content (AvgIpc) is 4.03. The maximum atomic E-state index is 11.8. The Morgan fingerprint density at radius 2 is 1.35 bits per heavy atom. The summed E-state index contributed by atoms with van der Waals surface area (Å²) < 4.78 is 4.97. The van der Waals surface area contributed by atoms with Crippen LogP contribution in [0.25, 0.3) is 50.2 Å². The molecule has 1 fully saturated rings. The summed E-state index contributed by atoms with van der Waals surface area (Å²) in [5.41, 5.74) is 17.8. The first-order valence-corrected chi connectivity index (χ1v) is 27.3. The molecule has 4 heterocycles. The Balaban J connectivity index is 0.985. The van der Waals surface area contributed by atoms with Crippen molar-refractivity contribution in [2.75, 3.05) is 4.90 Å². The number of hydrogen-bond acceptors (Lipinski definition) is 5. The second-order valence-corrected chi connectivity index (χ2v) is 22.1. The molecule has 14 rings (SSSR count). The summed E-state index contributed by atoms with van der Waals surface area (Å²) in [7, 11) is 0. The van der Waals surface area contributed by atoms with Crippen molar-refractivity contribution in [3.63, 3.8) is 0 Å². The van der Waals surface area contributed by atoms with Crippen LogP contribution >= 0.6 is 0 Å². The summed E-state index contributed by atoms with van der Waals surface area (Å²) in [6.45, 7) is 4.74. The fraction of sp³-hybridized carbons (Fsp3) is 0.269. The minimum Gasteiger partial charge on any atom is -0.333 e. The largest absolute Gasteiger partial charge is 0.333 e. The van der Waals surface area contributed by atoms with Gasteiger partial charge in [-0.2, -0.15) is 5.26 Å². The van der Waals surface area contributed by atoms with Gasteiger partial charge in [-0.3, -0.25) is 16.0 Å². The molecule has 7 aromatic rings. The number of allylic oxidation sites excluding steroid dienone is 10. The maximum Gasteiger partial charge on any atom is 0.101 e. The van der Waals surface area contributed by atoms with Crippen LogP contribution in [0.4, 0.5) is 11.4 Å². The van der Waals surface area contributed by atoms with E-state index in [9.17, 15) is 5.26 Å². The van der Waals surface area contributed by atoms with Crippen molar-refractivity contribution in [2.45, 2.75) is 108 Å². The first-order chi connectivity index (χ1) is 36.4. The number of fused-ring (bicyclic) bond motifs is 8. The summed E-state index contributed by atoms with van der Waals surface area (Å²) in [6.07, 6.45) is 34.3. The number of nitrogens with one attached hydrogen (secondary N) is 3. The van der Waals surface area contributed by atoms with Crippen molar-refractivity contribution in [1.82, 2.24) is 25.1 Å². The van der Waals surface area contributed by atoms with Gasteiger partial charge in [0, 0.05) is 62.4 Å². The molecule has 0 saturated carbocycles. The summed E-state index contributed by atoms with van der Waals surface area (Å²) >= 11 is 0. The smallest absolute Gasteiger partial charge is 0.101 e. The van der Waals surface area contributed by atoms with E-state index >= 15 is 0 Å². The second-order valence-electron chi connectivity index (χ2n) is 22.1. The molecule has 7 nitrogen and oxygen atoms in total. The van der Waals surface area contributed by atoms with Crippen molar-refractivity contribution in [3.8, 4) is 6.07 Å². The molecule has 0 radical (unpaired) electrons. The molecule has 5 aliphatic carbocycles. The van der Waals surface area contributed by atoms with E-state index < -0.39 is 0 Å². The van der Waals surface area contributed by atoms with Crippen LogP contribution in [-0.4, -0.2) is 33.7 Å². The van der Waals surface area contributed by atoms with Gasteiger partial charge in [0.15, 0.2) is 0 Å². The minimum atomic E-state index is -0.269. The molecule has 6 unspecified atom stereocenters. The third-order valence-electron chi connectivity index (χ3n) is 17.5. The summed E-state index contributed by atoms with van der Waals surface area (Å²) in [4.78, 5) is 2.64. The van der Waals surface area contributed by atoms with Gasteiger partial charge >= 0.3 is 0 Å². The molecule has 1 saturated heterocycles. The number of hydrogen-bond donors (Lipinski definition) is 3. The number of nitriles is 1. The quantitative estimate of drug-likeness (QED) is 0.139. The Labute approximate surface area is 435 Å². The molecule has 0 amide bonds. The summed E-state index contributed by atoms with van der Waals surface area (Å²) in [5.74, 6) is 0.676. The molecule has 3 N–H and O–H groups in total. The molecule has 0 bridgehead atoms. The Kier molecular flexibility index (Phi) is 11.1. The molecule has 5 aromatic carbocycles. The fourth-order valence-electron chi connectivity index (χ4n) is 14.0. The SMILES string of the molecule is CC1(C)c2ccccc2N(C2CC(n3c4ccccc4c4cc5c6c(n(C7=CCCC=C7)c5cc43)C=CCC6)=C(C#N)C=C2C2NC(C3=CCCC=C3)NC(C3C=CCC(c4ccccc4)C3)N2)c2ccccc21. The molecule has 2 aliphatic heterocycles. The zero-order valence-corrected chi connectivity index (χ0v) is 42.4. The molecular formula is C67H63N7. The topological polar surface area (TPSA) is 73.0 Å². The molecule has 366 valence electrons. The van der Waals surface area contributed by atoms with Crippen LogP contribution in [0.3, 0.4) is 0 Å². The van der Waals surface area contributed by atoms with Gasteiger partial charge < -0.3 is 14.0 Å². The van der Waals surface area contributed by atoms with E-state index in [-0.39, 0.29) is 35.9 Å². The second kappa shape index (κ2) is 18.2. The standard InChI is InChI=1S/C67H63N7/c1-67(2)54-31-14-18-35-58(54)74(59-36-19-15-32-55(59)67)63-40-60(73-57-34-17-13-30-50(57)52-39-51-49-29-12-16-33-56(49)72(61(51)41-62(52)73)48-27-10-5-11-28-48)47(42-68)38-53(63)66-70-64(44-23-8-4-9-24-44)69-65(71-66)46-26-20-25-45(37-46)43-21-6-3-7-22-43/h3,6-8,10,13-24,26-28,30-36,38-39,41,45-46,63-66,69-71H,4-5,9,11-12,25,29,37,40H2,1-2H3. The van der Waals surface area contributed by atoms with Crippen LogP contribution in [0.1, 0.15) is 99.1 Å². The number of aromatic nitrogens is 2. The highest BCUT2D eigenvalue weighted by molar-refractivity contribution is 6.15. The monoisotopic (exact) mass is 966 g/mol. The summed E-state index contributed by atoms with van der Waals surface area (Å²) in [5, 5.41) is 28.0. The predicted molar refractivity (Wildman–Crippen MR) is 306 cm³/mol. The van der Waals surface area contributed by atoms with Gasteiger partial charge in [0.05, 0.1) is 46.7 Å². The molecule has 7 heteroatoms. The van der Waals surface area contributed by atoms with E-state index in [1.807, 2.05) is 0 Å². The van der Waals surface area contributed by atoms with Gasteiger partial charge in [0.1, 0.15) is 6.07 Å². The van der Waals surface area contributed by atoms with E-state index in [4.69, 9.17) is 0 Å². The Hall–Kier alpha value is -7.47. The Morgan fingerprint density at radius 3 is 2.12 bits per heavy atom. The lowest BCUT2D eigenvalue weighted by molar-refractivity contribution is 0.188. The van der Waals surface area contributed by atoms with Gasteiger partial charge in [0.2, 0.25) is 0 Å². The molecular weight excluding hydrogens is 903 g/mol. The van der Waals surface area contributed by atoms with Crippen molar-refractivity contribution < 1.29 is 0 Å². The number of anilines is 2. The van der Waals surface area contributed by atoms with Crippen LogP contribution in [0.15, 0.2) is 193 Å². The number of benzene rings is 5. The third-order valence-corrected chi connectivity index (χ3v) is 17.5. The maximum absolute atomic E-state index is 11.8. The highest BCUT2D eigenvalue weighted by atomic mass is 15.4. The van der Waals surface area contributed by atoms with E-state index in [0.717, 1.165) is 68.1 Å². The van der Waals surface area contributed by atoms with E-state index in [1.165, 1.54) is 77.8 Å². The van der Waals surface area contributed by atoms with Gasteiger partial charge in [-0.05, 0) is 139 Å². The Morgan fingerprint density at radius 1 is 0.635 bits per heavy atom. The van der Waals surface area contributed by atoms with E-state index in [0.29, 0.717) is 17.9 Å². The molecule has 74 heavy (non-hydrogen) atoms. The highest BCUT2D eigenvalue weighted by Gasteiger charge is 2.45. The number of para-hydroxylation sites is 3. The first kappa shape index (κ1) is 45.2. The van der Waals surface area contributed by atoms with E-state index in [2.05, 4.69) is 232 Å². The summed E-state index contributed by atoms with van der Waals surface area (Å²) in [6, 6.07) is 45.6. The van der Waals surface area contributed by atoms with Crippen LogP contribution in [-0.2, 0) is 11.8 Å². The lowest BCUT2D eigenvalue weighted by atomic mass is 9.72. The predicted octanol–water partition coefficient (Wildman–Crippen LogP) is 14.6. The van der Waals surface area contributed by atoms with Crippen molar-refractivity contribution >= 4 is 61.6 Å². The van der Waals surface area contributed by atoms with E-state index in [1.54, 1.807) is 0 Å². The van der Waals surface area contributed by atoms with Crippen molar-refractivity contribution in [3.05, 3.63) is 221 Å². The van der Waals surface area contributed by atoms with Crippen LogP contribution in [0, 0.1) is 17.2 Å². The number of nitrogens with zero attached hydrogens (tertiary/aromatic N) is 4. The van der Waals surface area contributed by atoms with Crippen LogP contribution in [0.5, 0.6) is 0 Å².